The highest BCUT2D eigenvalue weighted by molar-refractivity contribution is 5.83. The standard InChI is InChI=1S/C15H17NO/c1-11(17)15(16)9-7-12-6-8-13-4-2-3-5-14(13)10-12/h2-6,8,10,15H,7,9,16H2,1H3/t15-/m0/s1. The third kappa shape index (κ3) is 2.92. The van der Waals surface area contributed by atoms with E-state index in [1.165, 1.54) is 16.3 Å². The van der Waals surface area contributed by atoms with E-state index in [1.807, 2.05) is 12.1 Å². The van der Waals surface area contributed by atoms with Crippen LogP contribution in [0.15, 0.2) is 42.5 Å². The number of hydrogen-bond acceptors (Lipinski definition) is 2. The summed E-state index contributed by atoms with van der Waals surface area (Å²) in [5.41, 5.74) is 6.96. The van der Waals surface area contributed by atoms with Crippen molar-refractivity contribution in [2.75, 3.05) is 0 Å². The Hall–Kier alpha value is -1.67. The molecule has 17 heavy (non-hydrogen) atoms. The van der Waals surface area contributed by atoms with Crippen LogP contribution in [0, 0.1) is 0 Å². The van der Waals surface area contributed by atoms with Crippen LogP contribution in [0.3, 0.4) is 0 Å². The van der Waals surface area contributed by atoms with E-state index in [2.05, 4.69) is 30.3 Å². The van der Waals surface area contributed by atoms with E-state index >= 15 is 0 Å². The topological polar surface area (TPSA) is 43.1 Å². The van der Waals surface area contributed by atoms with Gasteiger partial charge in [0.15, 0.2) is 0 Å². The molecule has 2 N–H and O–H groups in total. The second-order valence-electron chi connectivity index (χ2n) is 4.44. The van der Waals surface area contributed by atoms with E-state index in [-0.39, 0.29) is 11.8 Å². The maximum Gasteiger partial charge on any atom is 0.146 e. The first-order valence-electron chi connectivity index (χ1n) is 5.90. The minimum absolute atomic E-state index is 0.0609. The Kier molecular flexibility index (Phi) is 3.55. The molecule has 0 aliphatic carbocycles. The SMILES string of the molecule is CC(=O)[C@@H](N)CCc1ccc2ccccc2c1. The van der Waals surface area contributed by atoms with Crippen molar-refractivity contribution in [1.82, 2.24) is 0 Å². The fraction of sp³-hybridized carbons (Fsp3) is 0.267. The average Bonchev–Trinajstić information content (AvgIpc) is 2.35. The molecule has 0 fully saturated rings. The highest BCUT2D eigenvalue weighted by atomic mass is 16.1. The fourth-order valence-electron chi connectivity index (χ4n) is 1.92. The third-order valence-corrected chi connectivity index (χ3v) is 3.08. The van der Waals surface area contributed by atoms with Crippen LogP contribution in [0.2, 0.25) is 0 Å². The number of nitrogens with two attached hydrogens (primary N) is 1. The predicted molar refractivity (Wildman–Crippen MR) is 70.9 cm³/mol. The Bertz CT molecular complexity index is 533. The van der Waals surface area contributed by atoms with Crippen molar-refractivity contribution in [1.29, 1.82) is 0 Å². The van der Waals surface area contributed by atoms with Crippen LogP contribution in [0.1, 0.15) is 18.9 Å². The Morgan fingerprint density at radius 2 is 1.88 bits per heavy atom. The van der Waals surface area contributed by atoms with Gasteiger partial charge in [-0.3, -0.25) is 4.79 Å². The minimum atomic E-state index is -0.332. The van der Waals surface area contributed by atoms with Crippen LogP contribution in [0.25, 0.3) is 10.8 Å². The number of hydrogen-bond donors (Lipinski definition) is 1. The smallest absolute Gasteiger partial charge is 0.146 e. The molecule has 0 unspecified atom stereocenters. The normalized spacial score (nSPS) is 12.6. The number of Topliss-reactive ketones (excluding diaryl/α,β-unsaturated/α-hetero) is 1. The first-order chi connectivity index (χ1) is 8.16. The molecule has 0 heterocycles. The maximum atomic E-state index is 11.1. The largest absolute Gasteiger partial charge is 0.322 e. The van der Waals surface area contributed by atoms with E-state index in [0.717, 1.165) is 6.42 Å². The molecule has 0 aliphatic heterocycles. The summed E-state index contributed by atoms with van der Waals surface area (Å²) < 4.78 is 0. The monoisotopic (exact) mass is 227 g/mol. The molecule has 88 valence electrons. The van der Waals surface area contributed by atoms with Gasteiger partial charge in [0.05, 0.1) is 6.04 Å². The third-order valence-electron chi connectivity index (χ3n) is 3.08. The zero-order chi connectivity index (χ0) is 12.3. The van der Waals surface area contributed by atoms with E-state index in [9.17, 15) is 4.79 Å². The number of ketones is 1. The van der Waals surface area contributed by atoms with Gasteiger partial charge in [0.2, 0.25) is 0 Å². The average molecular weight is 227 g/mol. The first-order valence-corrected chi connectivity index (χ1v) is 5.90. The van der Waals surface area contributed by atoms with E-state index in [4.69, 9.17) is 5.73 Å². The molecule has 0 bridgehead atoms. The summed E-state index contributed by atoms with van der Waals surface area (Å²) in [6.07, 6.45) is 1.57. The molecule has 0 saturated carbocycles. The van der Waals surface area contributed by atoms with Gasteiger partial charge in [0, 0.05) is 0 Å². The molecule has 2 nitrogen and oxygen atoms in total. The second kappa shape index (κ2) is 5.11. The molecule has 2 rings (SSSR count). The summed E-state index contributed by atoms with van der Waals surface area (Å²) in [5.74, 6) is 0.0609. The van der Waals surface area contributed by atoms with Crippen molar-refractivity contribution >= 4 is 16.6 Å². The summed E-state index contributed by atoms with van der Waals surface area (Å²) in [4.78, 5) is 11.1. The lowest BCUT2D eigenvalue weighted by Gasteiger charge is -2.08. The maximum absolute atomic E-state index is 11.1. The van der Waals surface area contributed by atoms with Crippen LogP contribution >= 0.6 is 0 Å². The summed E-state index contributed by atoms with van der Waals surface area (Å²) in [5, 5.41) is 2.48. The lowest BCUT2D eigenvalue weighted by atomic mass is 10.0. The zero-order valence-electron chi connectivity index (χ0n) is 10.0. The molecule has 2 aromatic carbocycles. The lowest BCUT2D eigenvalue weighted by Crippen LogP contribution is -2.28. The predicted octanol–water partition coefficient (Wildman–Crippen LogP) is 2.69. The summed E-state index contributed by atoms with van der Waals surface area (Å²) in [6, 6.07) is 14.3. The van der Waals surface area contributed by atoms with Crippen LogP contribution < -0.4 is 5.73 Å². The van der Waals surface area contributed by atoms with Gasteiger partial charge in [-0.15, -0.1) is 0 Å². The van der Waals surface area contributed by atoms with Crippen molar-refractivity contribution in [2.45, 2.75) is 25.8 Å². The van der Waals surface area contributed by atoms with Crippen LogP contribution in [-0.4, -0.2) is 11.8 Å². The number of carbonyl (C=O) groups excluding carboxylic acids is 1. The highest BCUT2D eigenvalue weighted by Crippen LogP contribution is 2.16. The molecule has 0 aliphatic rings. The fourth-order valence-corrected chi connectivity index (χ4v) is 1.92. The number of aryl methyl sites for hydroxylation is 1. The molecule has 0 amide bonds. The number of fused-ring (bicyclic) bond motifs is 1. The van der Waals surface area contributed by atoms with E-state index in [0.29, 0.717) is 6.42 Å². The van der Waals surface area contributed by atoms with Crippen molar-refractivity contribution in [2.24, 2.45) is 5.73 Å². The molecule has 0 radical (unpaired) electrons. The van der Waals surface area contributed by atoms with E-state index in [1.54, 1.807) is 6.92 Å². The molecule has 0 spiro atoms. The molecule has 1 atom stereocenters. The molecular weight excluding hydrogens is 210 g/mol. The molecule has 0 saturated heterocycles. The Labute approximate surface area is 101 Å². The Morgan fingerprint density at radius 1 is 1.18 bits per heavy atom. The van der Waals surface area contributed by atoms with Gasteiger partial charge in [-0.25, -0.2) is 0 Å². The molecular formula is C15H17NO. The van der Waals surface area contributed by atoms with E-state index < -0.39 is 0 Å². The van der Waals surface area contributed by atoms with Gasteiger partial charge in [-0.2, -0.15) is 0 Å². The lowest BCUT2D eigenvalue weighted by molar-refractivity contribution is -0.118. The number of rotatable bonds is 4. The van der Waals surface area contributed by atoms with Gasteiger partial charge < -0.3 is 5.73 Å². The Balaban J connectivity index is 2.12. The Morgan fingerprint density at radius 3 is 2.59 bits per heavy atom. The van der Waals surface area contributed by atoms with Gasteiger partial charge >= 0.3 is 0 Å². The van der Waals surface area contributed by atoms with Crippen molar-refractivity contribution in [3.63, 3.8) is 0 Å². The van der Waals surface area contributed by atoms with Crippen LogP contribution in [-0.2, 0) is 11.2 Å². The van der Waals surface area contributed by atoms with Gasteiger partial charge in [0.1, 0.15) is 5.78 Å². The summed E-state index contributed by atoms with van der Waals surface area (Å²) in [6.45, 7) is 1.55. The number of benzene rings is 2. The van der Waals surface area contributed by atoms with Gasteiger partial charge in [0.25, 0.3) is 0 Å². The van der Waals surface area contributed by atoms with Crippen molar-refractivity contribution in [3.05, 3.63) is 48.0 Å². The molecule has 2 heteroatoms. The first kappa shape index (κ1) is 11.8. The highest BCUT2D eigenvalue weighted by Gasteiger charge is 2.07. The quantitative estimate of drug-likeness (QED) is 0.872. The van der Waals surface area contributed by atoms with Crippen molar-refractivity contribution < 1.29 is 4.79 Å². The second-order valence-corrected chi connectivity index (χ2v) is 4.44. The van der Waals surface area contributed by atoms with Crippen LogP contribution in [0.5, 0.6) is 0 Å². The summed E-state index contributed by atoms with van der Waals surface area (Å²) in [7, 11) is 0. The number of carbonyl (C=O) groups is 1. The van der Waals surface area contributed by atoms with Crippen molar-refractivity contribution in [3.8, 4) is 0 Å². The minimum Gasteiger partial charge on any atom is -0.322 e. The van der Waals surface area contributed by atoms with Gasteiger partial charge in [-0.05, 0) is 36.1 Å². The zero-order valence-corrected chi connectivity index (χ0v) is 10.0. The molecule has 0 aromatic heterocycles. The van der Waals surface area contributed by atoms with Crippen LogP contribution in [0.4, 0.5) is 0 Å². The summed E-state index contributed by atoms with van der Waals surface area (Å²) >= 11 is 0. The van der Waals surface area contributed by atoms with Gasteiger partial charge in [-0.1, -0.05) is 42.5 Å². The molecule has 2 aromatic rings.